The minimum atomic E-state index is -0.543. The SMILES string of the molecule is Cc1[nH]nc2c1[C@@H](c1cc(Cl)c(OCc3ccc(F)cc3)c(Cl)c1)C(C#N)=C(N)O2. The van der Waals surface area contributed by atoms with Gasteiger partial charge in [-0.25, -0.2) is 4.39 Å². The molecule has 1 aliphatic heterocycles. The number of H-pyrrole nitrogens is 1. The first kappa shape index (κ1) is 20.1. The monoisotopic (exact) mass is 444 g/mol. The maximum Gasteiger partial charge on any atom is 0.244 e. The predicted molar refractivity (Wildman–Crippen MR) is 110 cm³/mol. The largest absolute Gasteiger partial charge is 0.486 e. The van der Waals surface area contributed by atoms with E-state index < -0.39 is 5.92 Å². The maximum atomic E-state index is 13.1. The second kappa shape index (κ2) is 7.90. The highest BCUT2D eigenvalue weighted by Gasteiger charge is 2.35. The minimum Gasteiger partial charge on any atom is -0.486 e. The van der Waals surface area contributed by atoms with Crippen molar-refractivity contribution >= 4 is 23.2 Å². The molecule has 1 atom stereocenters. The van der Waals surface area contributed by atoms with Crippen molar-refractivity contribution in [3.8, 4) is 17.7 Å². The number of aryl methyl sites for hydroxylation is 1. The van der Waals surface area contributed by atoms with Gasteiger partial charge in [0.05, 0.1) is 16.0 Å². The summed E-state index contributed by atoms with van der Waals surface area (Å²) < 4.78 is 24.3. The van der Waals surface area contributed by atoms with Gasteiger partial charge in [0.15, 0.2) is 5.75 Å². The van der Waals surface area contributed by atoms with Crippen molar-refractivity contribution < 1.29 is 13.9 Å². The van der Waals surface area contributed by atoms with E-state index in [2.05, 4.69) is 16.3 Å². The Labute approximate surface area is 181 Å². The van der Waals surface area contributed by atoms with Crippen LogP contribution < -0.4 is 15.2 Å². The number of nitrogens with one attached hydrogen (secondary N) is 1. The number of hydrogen-bond acceptors (Lipinski definition) is 5. The molecule has 6 nitrogen and oxygen atoms in total. The van der Waals surface area contributed by atoms with E-state index in [0.717, 1.165) is 11.3 Å². The van der Waals surface area contributed by atoms with Crippen LogP contribution in [0.1, 0.15) is 28.3 Å². The third-order valence-electron chi connectivity index (χ3n) is 4.78. The highest BCUT2D eigenvalue weighted by molar-refractivity contribution is 6.37. The van der Waals surface area contributed by atoms with Crippen LogP contribution in [-0.2, 0) is 6.61 Å². The Morgan fingerprint density at radius 3 is 2.57 bits per heavy atom. The van der Waals surface area contributed by atoms with Gasteiger partial charge in [0.25, 0.3) is 0 Å². The first-order chi connectivity index (χ1) is 14.4. The number of hydrogen-bond donors (Lipinski definition) is 2. The molecule has 1 aromatic heterocycles. The molecule has 0 aliphatic carbocycles. The average Bonchev–Trinajstić information content (AvgIpc) is 3.07. The number of aromatic amines is 1. The molecule has 0 amide bonds. The summed E-state index contributed by atoms with van der Waals surface area (Å²) >= 11 is 12.9. The molecular weight excluding hydrogens is 430 g/mol. The molecule has 0 unspecified atom stereocenters. The number of nitriles is 1. The van der Waals surface area contributed by atoms with Crippen LogP contribution in [0.3, 0.4) is 0 Å². The Kier molecular flexibility index (Phi) is 5.29. The van der Waals surface area contributed by atoms with Gasteiger partial charge < -0.3 is 15.2 Å². The van der Waals surface area contributed by atoms with Crippen LogP contribution in [0.2, 0.25) is 10.0 Å². The number of aromatic nitrogens is 2. The summed E-state index contributed by atoms with van der Waals surface area (Å²) in [6.45, 7) is 1.99. The number of fused-ring (bicyclic) bond motifs is 1. The first-order valence-corrected chi connectivity index (χ1v) is 9.63. The number of nitrogens with zero attached hydrogens (tertiary/aromatic N) is 2. The molecule has 0 saturated carbocycles. The van der Waals surface area contributed by atoms with E-state index in [-0.39, 0.29) is 39.7 Å². The van der Waals surface area contributed by atoms with Crippen molar-refractivity contribution in [2.24, 2.45) is 5.73 Å². The predicted octanol–water partition coefficient (Wildman–Crippen LogP) is 4.96. The highest BCUT2D eigenvalue weighted by atomic mass is 35.5. The molecule has 0 spiro atoms. The molecule has 0 saturated heterocycles. The molecule has 0 fully saturated rings. The van der Waals surface area contributed by atoms with Crippen LogP contribution in [0.25, 0.3) is 0 Å². The molecule has 1 aliphatic rings. The van der Waals surface area contributed by atoms with Crippen LogP contribution >= 0.6 is 23.2 Å². The van der Waals surface area contributed by atoms with Crippen molar-refractivity contribution in [1.29, 1.82) is 5.26 Å². The van der Waals surface area contributed by atoms with Crippen molar-refractivity contribution in [2.75, 3.05) is 0 Å². The molecule has 0 radical (unpaired) electrons. The fraction of sp³-hybridized carbons (Fsp3) is 0.143. The molecule has 2 aromatic carbocycles. The summed E-state index contributed by atoms with van der Waals surface area (Å²) in [7, 11) is 0. The summed E-state index contributed by atoms with van der Waals surface area (Å²) in [6, 6.07) is 11.4. The first-order valence-electron chi connectivity index (χ1n) is 8.87. The van der Waals surface area contributed by atoms with Gasteiger partial charge in [0.1, 0.15) is 24.1 Å². The molecule has 3 aromatic rings. The average molecular weight is 445 g/mol. The third-order valence-corrected chi connectivity index (χ3v) is 5.34. The second-order valence-electron chi connectivity index (χ2n) is 6.72. The van der Waals surface area contributed by atoms with E-state index in [1.165, 1.54) is 12.1 Å². The normalized spacial score (nSPS) is 15.4. The molecule has 152 valence electrons. The van der Waals surface area contributed by atoms with Gasteiger partial charge in [0.2, 0.25) is 11.8 Å². The van der Waals surface area contributed by atoms with Gasteiger partial charge in [-0.3, -0.25) is 5.10 Å². The standard InChI is InChI=1S/C21H15Cl2FN4O2/c1-10-17-18(14(8-25)20(26)30-21(17)28-27-10)12-6-15(22)19(16(23)7-12)29-9-11-2-4-13(24)5-3-11/h2-7,18H,9,26H2,1H3,(H,27,28)/t18-/m0/s1. The number of halogens is 3. The van der Waals surface area contributed by atoms with Crippen molar-refractivity contribution in [3.63, 3.8) is 0 Å². The minimum absolute atomic E-state index is 0.0228. The summed E-state index contributed by atoms with van der Waals surface area (Å²) in [5, 5.41) is 17.1. The van der Waals surface area contributed by atoms with Gasteiger partial charge in [-0.2, -0.15) is 5.26 Å². The summed E-state index contributed by atoms with van der Waals surface area (Å²) in [4.78, 5) is 0. The van der Waals surface area contributed by atoms with Crippen molar-refractivity contribution in [3.05, 3.63) is 86.1 Å². The van der Waals surface area contributed by atoms with Crippen LogP contribution in [0.15, 0.2) is 47.9 Å². The van der Waals surface area contributed by atoms with E-state index in [0.29, 0.717) is 17.0 Å². The van der Waals surface area contributed by atoms with E-state index in [9.17, 15) is 9.65 Å². The van der Waals surface area contributed by atoms with E-state index in [1.54, 1.807) is 24.3 Å². The van der Waals surface area contributed by atoms with Crippen LogP contribution in [0, 0.1) is 24.1 Å². The van der Waals surface area contributed by atoms with Crippen LogP contribution in [-0.4, -0.2) is 10.2 Å². The molecule has 2 heterocycles. The molecule has 30 heavy (non-hydrogen) atoms. The number of ether oxygens (including phenoxy) is 2. The van der Waals surface area contributed by atoms with E-state index in [4.69, 9.17) is 38.4 Å². The number of benzene rings is 2. The number of nitrogens with two attached hydrogens (primary N) is 1. The maximum absolute atomic E-state index is 13.1. The van der Waals surface area contributed by atoms with Crippen LogP contribution in [0.4, 0.5) is 4.39 Å². The Morgan fingerprint density at radius 2 is 1.93 bits per heavy atom. The summed E-state index contributed by atoms with van der Waals surface area (Å²) in [5.41, 5.74) is 9.00. The summed E-state index contributed by atoms with van der Waals surface area (Å²) in [5.74, 6) is -0.301. The zero-order valence-corrected chi connectivity index (χ0v) is 17.2. The topological polar surface area (TPSA) is 97.0 Å². The quantitative estimate of drug-likeness (QED) is 0.592. The molecular formula is C21H15Cl2FN4O2. The Hall–Kier alpha value is -3.21. The molecule has 3 N–H and O–H groups in total. The zero-order chi connectivity index (χ0) is 21.4. The van der Waals surface area contributed by atoms with Crippen molar-refractivity contribution in [2.45, 2.75) is 19.4 Å². The van der Waals surface area contributed by atoms with Crippen molar-refractivity contribution in [1.82, 2.24) is 10.2 Å². The highest BCUT2D eigenvalue weighted by Crippen LogP contribution is 2.45. The van der Waals surface area contributed by atoms with Gasteiger partial charge in [-0.1, -0.05) is 35.3 Å². The van der Waals surface area contributed by atoms with Gasteiger partial charge in [-0.05, 0) is 42.3 Å². The molecule has 4 rings (SSSR count). The lowest BCUT2D eigenvalue weighted by Crippen LogP contribution is -2.21. The van der Waals surface area contributed by atoms with Crippen LogP contribution in [0.5, 0.6) is 11.6 Å². The molecule has 9 heteroatoms. The summed E-state index contributed by atoms with van der Waals surface area (Å²) in [6.07, 6.45) is 0. The lowest BCUT2D eigenvalue weighted by Gasteiger charge is -2.24. The zero-order valence-electron chi connectivity index (χ0n) is 15.7. The fourth-order valence-electron chi connectivity index (χ4n) is 3.35. The molecule has 0 bridgehead atoms. The Morgan fingerprint density at radius 1 is 1.27 bits per heavy atom. The number of allylic oxidation sites excluding steroid dienone is 1. The van der Waals surface area contributed by atoms with Gasteiger partial charge in [0, 0.05) is 11.3 Å². The van der Waals surface area contributed by atoms with Gasteiger partial charge in [-0.15, -0.1) is 5.10 Å². The van der Waals surface area contributed by atoms with Gasteiger partial charge >= 0.3 is 0 Å². The number of rotatable bonds is 4. The van der Waals surface area contributed by atoms with E-state index in [1.807, 2.05) is 6.92 Å². The fourth-order valence-corrected chi connectivity index (χ4v) is 3.97. The third kappa shape index (κ3) is 3.56. The Balaban J connectivity index is 1.70. The second-order valence-corrected chi connectivity index (χ2v) is 7.54. The van der Waals surface area contributed by atoms with E-state index >= 15 is 0 Å². The smallest absolute Gasteiger partial charge is 0.244 e. The lowest BCUT2D eigenvalue weighted by molar-refractivity contribution is 0.306. The Bertz CT molecular complexity index is 1180. The lowest BCUT2D eigenvalue weighted by atomic mass is 9.84.